The molecule has 0 saturated carbocycles. The van der Waals surface area contributed by atoms with Crippen molar-refractivity contribution in [2.75, 3.05) is 6.54 Å². The first kappa shape index (κ1) is 11.5. The molecular formula is C9H15BrN2O2. The zero-order chi connectivity index (χ0) is 10.6. The van der Waals surface area contributed by atoms with E-state index in [0.29, 0.717) is 0 Å². The molecule has 0 spiro atoms. The van der Waals surface area contributed by atoms with E-state index in [-0.39, 0.29) is 22.7 Å². The number of amides is 2. The smallest absolute Gasteiger partial charge is 0.242 e. The molecule has 80 valence electrons. The van der Waals surface area contributed by atoms with Crippen molar-refractivity contribution in [1.82, 2.24) is 10.6 Å². The summed E-state index contributed by atoms with van der Waals surface area (Å²) in [6.07, 6.45) is 2.69. The first-order chi connectivity index (χ1) is 6.61. The third-order valence-corrected chi connectivity index (χ3v) is 2.63. The van der Waals surface area contributed by atoms with Crippen LogP contribution in [0.2, 0.25) is 0 Å². The second-order valence-corrected chi connectivity index (χ2v) is 4.84. The van der Waals surface area contributed by atoms with Gasteiger partial charge in [-0.25, -0.2) is 0 Å². The van der Waals surface area contributed by atoms with Gasteiger partial charge in [0.25, 0.3) is 0 Å². The Bertz CT molecular complexity index is 231. The number of carbonyl (C=O) groups is 2. The molecule has 0 bridgehead atoms. The fourth-order valence-electron chi connectivity index (χ4n) is 1.36. The highest BCUT2D eigenvalue weighted by Crippen LogP contribution is 2.06. The Kier molecular flexibility index (Phi) is 4.38. The van der Waals surface area contributed by atoms with Crippen LogP contribution in [-0.4, -0.2) is 29.2 Å². The number of carbonyl (C=O) groups excluding carboxylic acids is 2. The van der Waals surface area contributed by atoms with E-state index in [9.17, 15) is 9.59 Å². The van der Waals surface area contributed by atoms with Gasteiger partial charge in [-0.2, -0.15) is 0 Å². The second kappa shape index (κ2) is 5.34. The Morgan fingerprint density at radius 1 is 1.64 bits per heavy atom. The van der Waals surface area contributed by atoms with Gasteiger partial charge in [-0.15, -0.1) is 0 Å². The van der Waals surface area contributed by atoms with Crippen LogP contribution in [0.3, 0.4) is 0 Å². The maximum Gasteiger partial charge on any atom is 0.242 e. The van der Waals surface area contributed by atoms with Crippen LogP contribution in [0.25, 0.3) is 0 Å². The topological polar surface area (TPSA) is 58.2 Å². The lowest BCUT2D eigenvalue weighted by molar-refractivity contribution is -0.128. The summed E-state index contributed by atoms with van der Waals surface area (Å²) in [5.74, 6) is -0.198. The van der Waals surface area contributed by atoms with E-state index in [1.165, 1.54) is 0 Å². The van der Waals surface area contributed by atoms with E-state index in [0.717, 1.165) is 25.8 Å². The monoisotopic (exact) mass is 262 g/mol. The van der Waals surface area contributed by atoms with E-state index >= 15 is 0 Å². The summed E-state index contributed by atoms with van der Waals surface area (Å²) in [6.45, 7) is 2.46. The number of halogens is 1. The zero-order valence-corrected chi connectivity index (χ0v) is 9.76. The summed E-state index contributed by atoms with van der Waals surface area (Å²) >= 11 is 3.16. The van der Waals surface area contributed by atoms with Crippen molar-refractivity contribution in [3.8, 4) is 0 Å². The maximum atomic E-state index is 11.4. The zero-order valence-electron chi connectivity index (χ0n) is 8.18. The van der Waals surface area contributed by atoms with Crippen molar-refractivity contribution in [2.24, 2.45) is 0 Å². The van der Waals surface area contributed by atoms with E-state index in [1.54, 1.807) is 6.92 Å². The van der Waals surface area contributed by atoms with Crippen molar-refractivity contribution in [2.45, 2.75) is 37.1 Å². The molecule has 0 aliphatic carbocycles. The van der Waals surface area contributed by atoms with Crippen LogP contribution in [-0.2, 0) is 9.59 Å². The van der Waals surface area contributed by atoms with Crippen LogP contribution >= 0.6 is 15.9 Å². The third-order valence-electron chi connectivity index (χ3n) is 2.21. The predicted octanol–water partition coefficient (Wildman–Crippen LogP) is 0.555. The van der Waals surface area contributed by atoms with Gasteiger partial charge in [-0.3, -0.25) is 9.59 Å². The summed E-state index contributed by atoms with van der Waals surface area (Å²) in [6, 6.07) is -0.356. The molecule has 1 aliphatic rings. The highest BCUT2D eigenvalue weighted by molar-refractivity contribution is 9.10. The van der Waals surface area contributed by atoms with E-state index in [4.69, 9.17) is 0 Å². The molecule has 5 heteroatoms. The first-order valence-electron chi connectivity index (χ1n) is 4.83. The van der Waals surface area contributed by atoms with Crippen molar-refractivity contribution in [3.63, 3.8) is 0 Å². The number of alkyl halides is 1. The quantitative estimate of drug-likeness (QED) is 0.715. The fourth-order valence-corrected chi connectivity index (χ4v) is 1.50. The average Bonchev–Trinajstić information content (AvgIpc) is 2.32. The molecule has 1 aliphatic heterocycles. The van der Waals surface area contributed by atoms with Crippen molar-refractivity contribution in [1.29, 1.82) is 0 Å². The molecule has 2 amide bonds. The van der Waals surface area contributed by atoms with Gasteiger partial charge in [-0.05, 0) is 26.2 Å². The van der Waals surface area contributed by atoms with Crippen molar-refractivity contribution >= 4 is 27.7 Å². The number of rotatable bonds is 2. The van der Waals surface area contributed by atoms with Gasteiger partial charge in [0.2, 0.25) is 11.8 Å². The molecule has 2 atom stereocenters. The van der Waals surface area contributed by atoms with Crippen LogP contribution in [0.1, 0.15) is 26.2 Å². The lowest BCUT2D eigenvalue weighted by Gasteiger charge is -2.15. The van der Waals surface area contributed by atoms with Crippen LogP contribution in [0.15, 0.2) is 0 Å². The Balaban J connectivity index is 2.48. The van der Waals surface area contributed by atoms with Crippen LogP contribution < -0.4 is 10.6 Å². The minimum atomic E-state index is -0.356. The Morgan fingerprint density at radius 3 is 3.00 bits per heavy atom. The Morgan fingerprint density at radius 2 is 2.36 bits per heavy atom. The molecule has 1 rings (SSSR count). The summed E-state index contributed by atoms with van der Waals surface area (Å²) in [4.78, 5) is 22.5. The molecule has 0 aromatic carbocycles. The lowest BCUT2D eigenvalue weighted by atomic mass is 10.1. The third kappa shape index (κ3) is 3.29. The van der Waals surface area contributed by atoms with Crippen LogP contribution in [0.4, 0.5) is 0 Å². The van der Waals surface area contributed by atoms with Crippen molar-refractivity contribution in [3.05, 3.63) is 0 Å². The van der Waals surface area contributed by atoms with Crippen LogP contribution in [0, 0.1) is 0 Å². The summed E-state index contributed by atoms with van der Waals surface area (Å²) in [7, 11) is 0. The van der Waals surface area contributed by atoms with Crippen LogP contribution in [0.5, 0.6) is 0 Å². The summed E-state index contributed by atoms with van der Waals surface area (Å²) < 4.78 is 0. The minimum absolute atomic E-state index is 0.0657. The molecule has 1 saturated heterocycles. The van der Waals surface area contributed by atoms with Gasteiger partial charge in [0.05, 0.1) is 4.83 Å². The molecule has 1 fully saturated rings. The molecule has 2 N–H and O–H groups in total. The molecule has 14 heavy (non-hydrogen) atoms. The standard InChI is InChI=1S/C9H15BrN2O2/c1-6(10)8(13)12-7-4-2-3-5-11-9(7)14/h6-7H,2-5H2,1H3,(H,11,14)(H,12,13). The van der Waals surface area contributed by atoms with Gasteiger partial charge < -0.3 is 10.6 Å². The Hall–Kier alpha value is -0.580. The van der Waals surface area contributed by atoms with Gasteiger partial charge in [0.15, 0.2) is 0 Å². The molecule has 2 unspecified atom stereocenters. The Labute approximate surface area is 91.9 Å². The first-order valence-corrected chi connectivity index (χ1v) is 5.75. The predicted molar refractivity (Wildman–Crippen MR) is 57.2 cm³/mol. The van der Waals surface area contributed by atoms with Gasteiger partial charge in [-0.1, -0.05) is 15.9 Å². The van der Waals surface area contributed by atoms with E-state index < -0.39 is 0 Å². The SMILES string of the molecule is CC(Br)C(=O)NC1CCCCNC1=O. The largest absolute Gasteiger partial charge is 0.354 e. The maximum absolute atomic E-state index is 11.4. The summed E-state index contributed by atoms with van der Waals surface area (Å²) in [5, 5.41) is 5.48. The fraction of sp³-hybridized carbons (Fsp3) is 0.778. The molecular weight excluding hydrogens is 248 g/mol. The number of nitrogens with one attached hydrogen (secondary N) is 2. The van der Waals surface area contributed by atoms with Gasteiger partial charge in [0, 0.05) is 6.54 Å². The molecule has 0 radical (unpaired) electrons. The molecule has 0 aromatic rings. The van der Waals surface area contributed by atoms with Crippen molar-refractivity contribution < 1.29 is 9.59 Å². The number of hydrogen-bond donors (Lipinski definition) is 2. The minimum Gasteiger partial charge on any atom is -0.354 e. The highest BCUT2D eigenvalue weighted by atomic mass is 79.9. The normalized spacial score (nSPS) is 24.7. The summed E-state index contributed by atoms with van der Waals surface area (Å²) in [5.41, 5.74) is 0. The molecule has 0 aromatic heterocycles. The molecule has 1 heterocycles. The molecule has 4 nitrogen and oxygen atoms in total. The second-order valence-electron chi connectivity index (χ2n) is 3.46. The highest BCUT2D eigenvalue weighted by Gasteiger charge is 2.23. The number of hydrogen-bond acceptors (Lipinski definition) is 2. The van der Waals surface area contributed by atoms with E-state index in [2.05, 4.69) is 26.6 Å². The van der Waals surface area contributed by atoms with Gasteiger partial charge >= 0.3 is 0 Å². The lowest BCUT2D eigenvalue weighted by Crippen LogP contribution is -2.47. The average molecular weight is 263 g/mol. The van der Waals surface area contributed by atoms with E-state index in [1.807, 2.05) is 0 Å². The van der Waals surface area contributed by atoms with Gasteiger partial charge in [0.1, 0.15) is 6.04 Å².